The lowest BCUT2D eigenvalue weighted by molar-refractivity contribution is 0.0788. The molecule has 2 aromatic rings. The Morgan fingerprint density at radius 3 is 2.55 bits per heavy atom. The first kappa shape index (κ1) is 14.5. The Labute approximate surface area is 132 Å². The van der Waals surface area contributed by atoms with Crippen molar-refractivity contribution in [1.82, 2.24) is 9.88 Å². The average Bonchev–Trinajstić information content (AvgIpc) is 3.19. The van der Waals surface area contributed by atoms with Crippen LogP contribution in [0.2, 0.25) is 0 Å². The minimum Gasteiger partial charge on any atom is -0.337 e. The van der Waals surface area contributed by atoms with Crippen molar-refractivity contribution in [3.05, 3.63) is 41.4 Å². The Balaban J connectivity index is 1.59. The zero-order valence-corrected chi connectivity index (χ0v) is 12.7. The lowest BCUT2D eigenvalue weighted by atomic mass is 10.3. The molecule has 0 saturated carbocycles. The van der Waals surface area contributed by atoms with Crippen molar-refractivity contribution in [3.8, 4) is 0 Å². The van der Waals surface area contributed by atoms with Crippen molar-refractivity contribution in [2.75, 3.05) is 23.7 Å². The lowest BCUT2D eigenvalue weighted by Crippen LogP contribution is -2.28. The molecule has 0 bridgehead atoms. The monoisotopic (exact) mass is 316 g/mol. The zero-order chi connectivity index (χ0) is 15.4. The van der Waals surface area contributed by atoms with Crippen LogP contribution in [0.1, 0.15) is 23.3 Å². The van der Waals surface area contributed by atoms with Gasteiger partial charge in [-0.25, -0.2) is 9.78 Å². The number of anilines is 2. The summed E-state index contributed by atoms with van der Waals surface area (Å²) in [6, 6.07) is 8.77. The second-order valence-corrected chi connectivity index (χ2v) is 5.84. The third-order valence-corrected chi connectivity index (χ3v) is 4.13. The molecule has 1 aromatic heterocycles. The van der Waals surface area contributed by atoms with E-state index in [2.05, 4.69) is 15.6 Å². The van der Waals surface area contributed by atoms with Gasteiger partial charge in [0.2, 0.25) is 0 Å². The molecule has 0 aliphatic carbocycles. The summed E-state index contributed by atoms with van der Waals surface area (Å²) in [5.74, 6) is -0.0646. The van der Waals surface area contributed by atoms with Crippen molar-refractivity contribution >= 4 is 34.1 Å². The van der Waals surface area contributed by atoms with Gasteiger partial charge >= 0.3 is 6.03 Å². The van der Waals surface area contributed by atoms with Gasteiger partial charge in [0.15, 0.2) is 5.13 Å². The Morgan fingerprint density at radius 1 is 1.09 bits per heavy atom. The Morgan fingerprint density at radius 2 is 1.82 bits per heavy atom. The quantitative estimate of drug-likeness (QED) is 0.914. The summed E-state index contributed by atoms with van der Waals surface area (Å²) >= 11 is 1.24. The van der Waals surface area contributed by atoms with E-state index in [9.17, 15) is 9.59 Å². The molecule has 1 aliphatic rings. The molecule has 3 amide bonds. The van der Waals surface area contributed by atoms with Gasteiger partial charge in [0, 0.05) is 24.2 Å². The number of aromatic nitrogens is 1. The number of carbonyl (C=O) groups is 2. The molecule has 0 atom stereocenters. The largest absolute Gasteiger partial charge is 0.337 e. The number of amides is 3. The van der Waals surface area contributed by atoms with Crippen LogP contribution in [0.4, 0.5) is 15.6 Å². The molecule has 22 heavy (non-hydrogen) atoms. The van der Waals surface area contributed by atoms with Gasteiger partial charge in [-0.2, -0.15) is 0 Å². The predicted molar refractivity (Wildman–Crippen MR) is 86.3 cm³/mol. The highest BCUT2D eigenvalue weighted by Crippen LogP contribution is 2.19. The number of urea groups is 1. The number of thiazole rings is 1. The number of para-hydroxylation sites is 1. The Kier molecular flexibility index (Phi) is 4.34. The van der Waals surface area contributed by atoms with Crippen LogP contribution in [0, 0.1) is 0 Å². The van der Waals surface area contributed by atoms with E-state index in [0.29, 0.717) is 16.5 Å². The molecule has 1 aromatic carbocycles. The fourth-order valence-electron chi connectivity index (χ4n) is 2.29. The molecule has 1 aliphatic heterocycles. The van der Waals surface area contributed by atoms with Crippen molar-refractivity contribution in [3.63, 3.8) is 0 Å². The van der Waals surface area contributed by atoms with E-state index in [-0.39, 0.29) is 11.9 Å². The summed E-state index contributed by atoms with van der Waals surface area (Å²) < 4.78 is 0. The number of rotatable bonds is 3. The Bertz CT molecular complexity index is 665. The van der Waals surface area contributed by atoms with Crippen LogP contribution in [-0.4, -0.2) is 34.9 Å². The second kappa shape index (κ2) is 6.57. The van der Waals surface area contributed by atoms with E-state index < -0.39 is 0 Å². The molecular formula is C15H16N4O2S. The van der Waals surface area contributed by atoms with Gasteiger partial charge in [0.05, 0.1) is 0 Å². The first-order chi connectivity index (χ1) is 10.7. The molecule has 2 heterocycles. The predicted octanol–water partition coefficient (Wildman–Crippen LogP) is 3.02. The zero-order valence-electron chi connectivity index (χ0n) is 11.9. The summed E-state index contributed by atoms with van der Waals surface area (Å²) in [5.41, 5.74) is 1.09. The van der Waals surface area contributed by atoms with Crippen LogP contribution < -0.4 is 10.6 Å². The van der Waals surface area contributed by atoms with Crippen LogP contribution in [0.3, 0.4) is 0 Å². The second-order valence-electron chi connectivity index (χ2n) is 4.98. The van der Waals surface area contributed by atoms with Gasteiger partial charge in [0.25, 0.3) is 5.91 Å². The Hall–Kier alpha value is -2.41. The molecule has 1 saturated heterocycles. The first-order valence-corrected chi connectivity index (χ1v) is 7.98. The van der Waals surface area contributed by atoms with E-state index in [1.54, 1.807) is 22.4 Å². The van der Waals surface area contributed by atoms with E-state index in [4.69, 9.17) is 0 Å². The summed E-state index contributed by atoms with van der Waals surface area (Å²) in [6.45, 7) is 1.57. The molecule has 3 rings (SSSR count). The van der Waals surface area contributed by atoms with Gasteiger partial charge in [-0.3, -0.25) is 10.1 Å². The maximum absolute atomic E-state index is 12.2. The maximum Gasteiger partial charge on any atom is 0.325 e. The number of carbonyl (C=O) groups excluding carboxylic acids is 2. The van der Waals surface area contributed by atoms with Crippen LogP contribution in [-0.2, 0) is 0 Å². The number of hydrogen-bond donors (Lipinski definition) is 2. The SMILES string of the molecule is O=C(Nc1ccccc1)Nc1nc(C(=O)N2CCCC2)cs1. The van der Waals surface area contributed by atoms with Crippen LogP contribution in [0.25, 0.3) is 0 Å². The molecule has 6 nitrogen and oxygen atoms in total. The van der Waals surface area contributed by atoms with Crippen molar-refractivity contribution in [2.24, 2.45) is 0 Å². The molecule has 114 valence electrons. The van der Waals surface area contributed by atoms with Gasteiger partial charge in [0.1, 0.15) is 5.69 Å². The highest BCUT2D eigenvalue weighted by Gasteiger charge is 2.22. The number of benzene rings is 1. The third-order valence-electron chi connectivity index (χ3n) is 3.37. The van der Waals surface area contributed by atoms with E-state index in [0.717, 1.165) is 25.9 Å². The standard InChI is InChI=1S/C15H16N4O2S/c20-13(19-8-4-5-9-19)12-10-22-15(17-12)18-14(21)16-11-6-2-1-3-7-11/h1-3,6-7,10H,4-5,8-9H2,(H2,16,17,18,21). The molecular weight excluding hydrogens is 300 g/mol. The lowest BCUT2D eigenvalue weighted by Gasteiger charge is -2.12. The number of hydrogen-bond acceptors (Lipinski definition) is 4. The van der Waals surface area contributed by atoms with Crippen LogP contribution in [0.15, 0.2) is 35.7 Å². The number of likely N-dealkylation sites (tertiary alicyclic amines) is 1. The third kappa shape index (κ3) is 3.43. The fourth-order valence-corrected chi connectivity index (χ4v) is 2.97. The van der Waals surface area contributed by atoms with Gasteiger partial charge in [-0.05, 0) is 25.0 Å². The molecule has 0 unspecified atom stereocenters. The number of nitrogens with one attached hydrogen (secondary N) is 2. The normalized spacial score (nSPS) is 13.9. The van der Waals surface area contributed by atoms with Gasteiger partial charge in [-0.1, -0.05) is 18.2 Å². The van der Waals surface area contributed by atoms with E-state index in [1.807, 2.05) is 18.2 Å². The van der Waals surface area contributed by atoms with Crippen molar-refractivity contribution < 1.29 is 9.59 Å². The molecule has 1 fully saturated rings. The fraction of sp³-hybridized carbons (Fsp3) is 0.267. The first-order valence-electron chi connectivity index (χ1n) is 7.10. The van der Waals surface area contributed by atoms with Crippen LogP contribution >= 0.6 is 11.3 Å². The van der Waals surface area contributed by atoms with Crippen molar-refractivity contribution in [1.29, 1.82) is 0 Å². The van der Waals surface area contributed by atoms with E-state index >= 15 is 0 Å². The molecule has 0 spiro atoms. The minimum absolute atomic E-state index is 0.0646. The van der Waals surface area contributed by atoms with Gasteiger partial charge in [-0.15, -0.1) is 11.3 Å². The smallest absolute Gasteiger partial charge is 0.325 e. The highest BCUT2D eigenvalue weighted by molar-refractivity contribution is 7.14. The number of nitrogens with zero attached hydrogens (tertiary/aromatic N) is 2. The average molecular weight is 316 g/mol. The molecule has 2 N–H and O–H groups in total. The maximum atomic E-state index is 12.2. The highest BCUT2D eigenvalue weighted by atomic mass is 32.1. The topological polar surface area (TPSA) is 74.3 Å². The summed E-state index contributed by atoms with van der Waals surface area (Å²) in [4.78, 5) is 30.0. The van der Waals surface area contributed by atoms with Gasteiger partial charge < -0.3 is 10.2 Å². The summed E-state index contributed by atoms with van der Waals surface area (Å²) in [5, 5.41) is 7.44. The van der Waals surface area contributed by atoms with E-state index in [1.165, 1.54) is 11.3 Å². The molecule has 0 radical (unpaired) electrons. The minimum atomic E-state index is -0.374. The molecule has 7 heteroatoms. The summed E-state index contributed by atoms with van der Waals surface area (Å²) in [6.07, 6.45) is 2.08. The summed E-state index contributed by atoms with van der Waals surface area (Å²) in [7, 11) is 0. The van der Waals surface area contributed by atoms with Crippen LogP contribution in [0.5, 0.6) is 0 Å². The van der Waals surface area contributed by atoms with Crippen molar-refractivity contribution in [2.45, 2.75) is 12.8 Å².